The lowest BCUT2D eigenvalue weighted by Gasteiger charge is -2.33. The highest BCUT2D eigenvalue weighted by Crippen LogP contribution is 2.20. The van der Waals surface area contributed by atoms with Gasteiger partial charge < -0.3 is 15.0 Å². The van der Waals surface area contributed by atoms with Crippen LogP contribution in [0.4, 0.5) is 4.39 Å². The molecule has 2 aromatic rings. The largest absolute Gasteiger partial charge is 0.481 e. The molecule has 31 heavy (non-hydrogen) atoms. The normalized spacial score (nSPS) is 15.6. The van der Waals surface area contributed by atoms with Crippen molar-refractivity contribution in [3.63, 3.8) is 0 Å². The van der Waals surface area contributed by atoms with Gasteiger partial charge in [0.2, 0.25) is 5.91 Å². The lowest BCUT2D eigenvalue weighted by atomic mass is 10.0. The fourth-order valence-electron chi connectivity index (χ4n) is 3.67. The molecule has 1 atom stereocenters. The molecule has 0 saturated carbocycles. The van der Waals surface area contributed by atoms with Gasteiger partial charge in [-0.3, -0.25) is 9.59 Å². The Morgan fingerprint density at radius 1 is 1.03 bits per heavy atom. The van der Waals surface area contributed by atoms with Crippen molar-refractivity contribution < 1.29 is 18.7 Å². The van der Waals surface area contributed by atoms with Crippen molar-refractivity contribution in [2.45, 2.75) is 58.1 Å². The topological polar surface area (TPSA) is 58.6 Å². The fourth-order valence-corrected chi connectivity index (χ4v) is 3.67. The van der Waals surface area contributed by atoms with Gasteiger partial charge in [0.15, 0.2) is 6.10 Å². The van der Waals surface area contributed by atoms with Crippen molar-refractivity contribution in [1.29, 1.82) is 0 Å². The molecule has 0 spiro atoms. The predicted octanol–water partition coefficient (Wildman–Crippen LogP) is 4.07. The number of hydrogen-bond acceptors (Lipinski definition) is 3. The van der Waals surface area contributed by atoms with E-state index in [1.165, 1.54) is 17.7 Å². The first kappa shape index (κ1) is 22.8. The Bertz CT molecular complexity index is 873. The molecule has 1 saturated heterocycles. The van der Waals surface area contributed by atoms with Gasteiger partial charge in [-0.1, -0.05) is 38.1 Å². The van der Waals surface area contributed by atoms with E-state index in [2.05, 4.69) is 19.2 Å². The molecule has 1 N–H and O–H groups in total. The minimum atomic E-state index is -0.594. The van der Waals surface area contributed by atoms with Crippen LogP contribution in [0.2, 0.25) is 0 Å². The maximum atomic E-state index is 13.0. The first-order chi connectivity index (χ1) is 14.8. The van der Waals surface area contributed by atoms with Crippen molar-refractivity contribution in [2.24, 2.45) is 0 Å². The van der Waals surface area contributed by atoms with Gasteiger partial charge in [0.1, 0.15) is 11.6 Å². The second-order valence-electron chi connectivity index (χ2n) is 8.45. The smallest absolute Gasteiger partial charge is 0.260 e. The zero-order valence-corrected chi connectivity index (χ0v) is 18.4. The first-order valence-electron chi connectivity index (χ1n) is 10.9. The zero-order chi connectivity index (χ0) is 22.4. The number of likely N-dealkylation sites (tertiary alicyclic amines) is 1. The summed E-state index contributed by atoms with van der Waals surface area (Å²) in [6.07, 6.45) is 1.08. The predicted molar refractivity (Wildman–Crippen MR) is 118 cm³/mol. The van der Waals surface area contributed by atoms with Crippen LogP contribution in [-0.2, 0) is 16.0 Å². The van der Waals surface area contributed by atoms with Gasteiger partial charge in [-0.05, 0) is 61.1 Å². The molecule has 0 radical (unpaired) electrons. The van der Waals surface area contributed by atoms with Crippen molar-refractivity contribution in [3.8, 4) is 5.75 Å². The van der Waals surface area contributed by atoms with Crippen LogP contribution in [0.5, 0.6) is 5.75 Å². The second-order valence-corrected chi connectivity index (χ2v) is 8.45. The van der Waals surface area contributed by atoms with E-state index in [4.69, 9.17) is 4.74 Å². The number of halogens is 1. The minimum absolute atomic E-state index is 0.0248. The molecule has 2 aromatic carbocycles. The first-order valence-corrected chi connectivity index (χ1v) is 10.9. The maximum Gasteiger partial charge on any atom is 0.260 e. The molecule has 1 aliphatic heterocycles. The van der Waals surface area contributed by atoms with E-state index in [1.807, 2.05) is 29.2 Å². The van der Waals surface area contributed by atoms with Crippen LogP contribution in [0.25, 0.3) is 0 Å². The monoisotopic (exact) mass is 426 g/mol. The van der Waals surface area contributed by atoms with E-state index in [1.54, 1.807) is 19.1 Å². The molecule has 6 heteroatoms. The van der Waals surface area contributed by atoms with Gasteiger partial charge in [0, 0.05) is 19.1 Å². The molecule has 0 bridgehead atoms. The molecule has 1 heterocycles. The number of benzene rings is 2. The number of hydrogen-bond donors (Lipinski definition) is 1. The number of carbonyl (C=O) groups excluding carboxylic acids is 2. The Labute approximate surface area is 183 Å². The van der Waals surface area contributed by atoms with E-state index < -0.39 is 6.10 Å². The average molecular weight is 427 g/mol. The molecular formula is C25H31FN2O3. The van der Waals surface area contributed by atoms with Crippen LogP contribution in [0.1, 0.15) is 50.7 Å². The molecule has 5 nitrogen and oxygen atoms in total. The molecule has 3 rings (SSSR count). The lowest BCUT2D eigenvalue weighted by Crippen LogP contribution is -2.49. The molecular weight excluding hydrogens is 395 g/mol. The summed E-state index contributed by atoms with van der Waals surface area (Å²) in [6, 6.07) is 13.9. The highest BCUT2D eigenvalue weighted by atomic mass is 19.1. The van der Waals surface area contributed by atoms with Crippen LogP contribution in [0, 0.1) is 5.82 Å². The summed E-state index contributed by atoms with van der Waals surface area (Å²) >= 11 is 0. The summed E-state index contributed by atoms with van der Waals surface area (Å²) in [5, 5.41) is 3.04. The van der Waals surface area contributed by atoms with Crippen LogP contribution in [0.3, 0.4) is 0 Å². The number of carbonyl (C=O) groups is 2. The Morgan fingerprint density at radius 2 is 1.65 bits per heavy atom. The van der Waals surface area contributed by atoms with Gasteiger partial charge >= 0.3 is 0 Å². The third-order valence-corrected chi connectivity index (χ3v) is 5.69. The Kier molecular flexibility index (Phi) is 7.66. The third-order valence-electron chi connectivity index (χ3n) is 5.69. The van der Waals surface area contributed by atoms with Crippen molar-refractivity contribution >= 4 is 11.8 Å². The molecule has 1 fully saturated rings. The van der Waals surface area contributed by atoms with Gasteiger partial charge in [-0.25, -0.2) is 4.39 Å². The Balaban J connectivity index is 1.42. The molecule has 166 valence electrons. The van der Waals surface area contributed by atoms with E-state index in [0.29, 0.717) is 37.6 Å². The van der Waals surface area contributed by atoms with Crippen molar-refractivity contribution in [1.82, 2.24) is 10.2 Å². The summed E-state index contributed by atoms with van der Waals surface area (Å²) in [5.74, 6) is 0.692. The van der Waals surface area contributed by atoms with E-state index in [0.717, 1.165) is 5.56 Å². The van der Waals surface area contributed by atoms with Gasteiger partial charge in [-0.2, -0.15) is 0 Å². The zero-order valence-electron chi connectivity index (χ0n) is 18.4. The summed E-state index contributed by atoms with van der Waals surface area (Å²) in [6.45, 7) is 7.20. The van der Waals surface area contributed by atoms with Crippen molar-refractivity contribution in [3.05, 3.63) is 65.5 Å². The molecule has 0 aromatic heterocycles. The molecule has 1 aliphatic rings. The number of nitrogens with zero attached hydrogens (tertiary/aromatic N) is 1. The van der Waals surface area contributed by atoms with E-state index >= 15 is 0 Å². The summed E-state index contributed by atoms with van der Waals surface area (Å²) in [5.41, 5.74) is 2.03. The SMILES string of the molecule is CC(Oc1ccc(C(C)C)cc1)C(=O)NC1CCN(C(=O)Cc2ccc(F)cc2)CC1. The van der Waals surface area contributed by atoms with Gasteiger partial charge in [0.25, 0.3) is 5.91 Å². The van der Waals surface area contributed by atoms with Crippen LogP contribution in [-0.4, -0.2) is 41.9 Å². The van der Waals surface area contributed by atoms with E-state index in [-0.39, 0.29) is 30.1 Å². The van der Waals surface area contributed by atoms with Crippen LogP contribution >= 0.6 is 0 Å². The summed E-state index contributed by atoms with van der Waals surface area (Å²) in [7, 11) is 0. The number of ether oxygens (including phenoxy) is 1. The number of nitrogens with one attached hydrogen (secondary N) is 1. The Morgan fingerprint density at radius 3 is 2.23 bits per heavy atom. The van der Waals surface area contributed by atoms with Crippen molar-refractivity contribution in [2.75, 3.05) is 13.1 Å². The highest BCUT2D eigenvalue weighted by Gasteiger charge is 2.25. The average Bonchev–Trinajstić information content (AvgIpc) is 2.76. The summed E-state index contributed by atoms with van der Waals surface area (Å²) in [4.78, 5) is 26.8. The van der Waals surface area contributed by atoms with Crippen LogP contribution < -0.4 is 10.1 Å². The lowest BCUT2D eigenvalue weighted by molar-refractivity contribution is -0.132. The second kappa shape index (κ2) is 10.4. The molecule has 2 amide bonds. The van der Waals surface area contributed by atoms with Gasteiger partial charge in [0.05, 0.1) is 6.42 Å². The number of piperidine rings is 1. The summed E-state index contributed by atoms with van der Waals surface area (Å²) < 4.78 is 18.8. The quantitative estimate of drug-likeness (QED) is 0.726. The number of rotatable bonds is 7. The Hall–Kier alpha value is -2.89. The highest BCUT2D eigenvalue weighted by molar-refractivity contribution is 5.81. The fraction of sp³-hybridized carbons (Fsp3) is 0.440. The maximum absolute atomic E-state index is 13.0. The standard InChI is InChI=1S/C25H31FN2O3/c1-17(2)20-6-10-23(11-7-20)31-18(3)25(30)27-22-12-14-28(15-13-22)24(29)16-19-4-8-21(26)9-5-19/h4-11,17-18,22H,12-16H2,1-3H3,(H,27,30). The third kappa shape index (κ3) is 6.54. The van der Waals surface area contributed by atoms with E-state index in [9.17, 15) is 14.0 Å². The van der Waals surface area contributed by atoms with Crippen LogP contribution in [0.15, 0.2) is 48.5 Å². The molecule has 1 unspecified atom stereocenters. The number of amides is 2. The molecule has 0 aliphatic carbocycles. The minimum Gasteiger partial charge on any atom is -0.481 e. The van der Waals surface area contributed by atoms with Gasteiger partial charge in [-0.15, -0.1) is 0 Å².